The van der Waals surface area contributed by atoms with Gasteiger partial charge in [0.15, 0.2) is 0 Å². The number of rotatable bonds is 4. The van der Waals surface area contributed by atoms with E-state index in [2.05, 4.69) is 50.9 Å². The number of hydrogen-bond acceptors (Lipinski definition) is 1. The highest BCUT2D eigenvalue weighted by Gasteiger charge is 2.02. The molecule has 1 aromatic carbocycles. The summed E-state index contributed by atoms with van der Waals surface area (Å²) >= 11 is 0. The monoisotopic (exact) mass is 210 g/mol. The number of hydrogen-bond donors (Lipinski definition) is 0. The van der Waals surface area contributed by atoms with Crippen molar-refractivity contribution in [3.63, 3.8) is 0 Å². The van der Waals surface area contributed by atoms with Crippen LogP contribution >= 0.6 is 10.8 Å². The Balaban J connectivity index is 2.65. The van der Waals surface area contributed by atoms with Crippen LogP contribution in [0.2, 0.25) is 0 Å². The maximum Gasteiger partial charge on any atom is 0.0688 e. The summed E-state index contributed by atoms with van der Waals surface area (Å²) in [4.78, 5) is 1.18. The van der Waals surface area contributed by atoms with Crippen LogP contribution < -0.4 is 0 Å². The SMILES string of the molecule is C=S(OC(C)CC)c1ccc(C)cc1. The molecule has 14 heavy (non-hydrogen) atoms. The average Bonchev–Trinajstić information content (AvgIpc) is 2.18. The first-order valence-electron chi connectivity index (χ1n) is 4.91. The summed E-state index contributed by atoms with van der Waals surface area (Å²) in [5.74, 6) is 4.03. The van der Waals surface area contributed by atoms with Gasteiger partial charge in [0.25, 0.3) is 0 Å². The Morgan fingerprint density at radius 3 is 2.43 bits per heavy atom. The second-order valence-corrected chi connectivity index (χ2v) is 4.83. The molecule has 1 nitrogen and oxygen atoms in total. The summed E-state index contributed by atoms with van der Waals surface area (Å²) in [5, 5.41) is 0. The van der Waals surface area contributed by atoms with Gasteiger partial charge in [0, 0.05) is 4.90 Å². The fraction of sp³-hybridized carbons (Fsp3) is 0.417. The van der Waals surface area contributed by atoms with E-state index in [0.717, 1.165) is 6.42 Å². The maximum atomic E-state index is 5.74. The lowest BCUT2D eigenvalue weighted by Crippen LogP contribution is -2.01. The summed E-state index contributed by atoms with van der Waals surface area (Å²) in [6, 6.07) is 8.38. The minimum absolute atomic E-state index is 0.289. The Morgan fingerprint density at radius 2 is 1.93 bits per heavy atom. The van der Waals surface area contributed by atoms with E-state index in [1.807, 2.05) is 0 Å². The summed E-state index contributed by atoms with van der Waals surface area (Å²) < 4.78 is 5.74. The third-order valence-electron chi connectivity index (χ3n) is 2.14. The van der Waals surface area contributed by atoms with Crippen LogP contribution in [0.15, 0.2) is 29.2 Å². The lowest BCUT2D eigenvalue weighted by atomic mass is 10.2. The Hall–Kier alpha value is -0.600. The molecule has 0 aromatic heterocycles. The van der Waals surface area contributed by atoms with Gasteiger partial charge >= 0.3 is 0 Å². The lowest BCUT2D eigenvalue weighted by Gasteiger charge is -2.13. The van der Waals surface area contributed by atoms with Gasteiger partial charge in [-0.05, 0) is 49.0 Å². The van der Waals surface area contributed by atoms with Crippen LogP contribution in [0, 0.1) is 6.92 Å². The van der Waals surface area contributed by atoms with E-state index in [-0.39, 0.29) is 16.9 Å². The molecule has 0 saturated heterocycles. The van der Waals surface area contributed by atoms with Crippen molar-refractivity contribution < 1.29 is 4.18 Å². The van der Waals surface area contributed by atoms with Gasteiger partial charge in [-0.3, -0.25) is 0 Å². The van der Waals surface area contributed by atoms with E-state index in [0.29, 0.717) is 0 Å². The molecule has 0 saturated carbocycles. The standard InChI is InChI=1S/C12H18OS/c1-5-11(3)13-14(4)12-8-6-10(2)7-9-12/h6-9,11H,4-5H2,1-3H3. The first-order valence-corrected chi connectivity index (χ1v) is 6.23. The molecule has 0 bridgehead atoms. The molecular weight excluding hydrogens is 192 g/mol. The van der Waals surface area contributed by atoms with Gasteiger partial charge in [0.2, 0.25) is 0 Å². The fourth-order valence-electron chi connectivity index (χ4n) is 1.01. The molecule has 0 aliphatic rings. The van der Waals surface area contributed by atoms with Crippen molar-refractivity contribution in [1.29, 1.82) is 0 Å². The summed E-state index contributed by atoms with van der Waals surface area (Å²) in [5.41, 5.74) is 1.27. The molecule has 2 unspecified atom stereocenters. The summed E-state index contributed by atoms with van der Waals surface area (Å²) in [6.45, 7) is 6.29. The minimum atomic E-state index is -0.322. The van der Waals surface area contributed by atoms with Crippen molar-refractivity contribution in [1.82, 2.24) is 0 Å². The molecule has 2 atom stereocenters. The number of aryl methyl sites for hydroxylation is 1. The zero-order valence-electron chi connectivity index (χ0n) is 9.12. The van der Waals surface area contributed by atoms with E-state index in [9.17, 15) is 0 Å². The van der Waals surface area contributed by atoms with Gasteiger partial charge in [-0.2, -0.15) is 0 Å². The molecule has 0 aliphatic carbocycles. The molecule has 1 rings (SSSR count). The first kappa shape index (κ1) is 11.5. The Morgan fingerprint density at radius 1 is 1.36 bits per heavy atom. The van der Waals surface area contributed by atoms with Crippen LogP contribution in [0.3, 0.4) is 0 Å². The summed E-state index contributed by atoms with van der Waals surface area (Å²) in [7, 11) is -0.322. The van der Waals surface area contributed by atoms with Gasteiger partial charge in [0.05, 0.1) is 6.10 Å². The van der Waals surface area contributed by atoms with Crippen molar-refractivity contribution in [2.75, 3.05) is 0 Å². The highest BCUT2D eigenvalue weighted by Crippen LogP contribution is 2.27. The van der Waals surface area contributed by atoms with Crippen LogP contribution in [0.5, 0.6) is 0 Å². The van der Waals surface area contributed by atoms with Crippen LogP contribution in [-0.2, 0) is 4.18 Å². The Labute approximate surface area is 89.2 Å². The summed E-state index contributed by atoms with van der Waals surface area (Å²) in [6.07, 6.45) is 1.32. The molecule has 2 heteroatoms. The van der Waals surface area contributed by atoms with Crippen molar-refractivity contribution in [3.05, 3.63) is 29.8 Å². The smallest absolute Gasteiger partial charge is 0.0688 e. The molecule has 0 amide bonds. The van der Waals surface area contributed by atoms with E-state index in [1.165, 1.54) is 10.5 Å². The predicted molar refractivity (Wildman–Crippen MR) is 65.0 cm³/mol. The van der Waals surface area contributed by atoms with Crippen LogP contribution in [-0.4, -0.2) is 12.0 Å². The Kier molecular flexibility index (Phi) is 4.36. The topological polar surface area (TPSA) is 9.23 Å². The zero-order chi connectivity index (χ0) is 10.6. The highest BCUT2D eigenvalue weighted by atomic mass is 32.2. The predicted octanol–water partition coefficient (Wildman–Crippen LogP) is 3.78. The van der Waals surface area contributed by atoms with Gasteiger partial charge in [-0.25, -0.2) is 0 Å². The second kappa shape index (κ2) is 5.32. The van der Waals surface area contributed by atoms with E-state index < -0.39 is 0 Å². The van der Waals surface area contributed by atoms with Crippen LogP contribution in [0.25, 0.3) is 0 Å². The molecule has 0 fully saturated rings. The van der Waals surface area contributed by atoms with E-state index >= 15 is 0 Å². The lowest BCUT2D eigenvalue weighted by molar-refractivity contribution is 0.258. The molecule has 1 aromatic rings. The second-order valence-electron chi connectivity index (χ2n) is 3.47. The highest BCUT2D eigenvalue weighted by molar-refractivity contribution is 8.10. The molecule has 0 aliphatic heterocycles. The molecule has 78 valence electrons. The van der Waals surface area contributed by atoms with Gasteiger partial charge in [0.1, 0.15) is 0 Å². The Bertz CT molecular complexity index is 303. The van der Waals surface area contributed by atoms with Crippen molar-refractivity contribution in [2.45, 2.75) is 38.2 Å². The minimum Gasteiger partial charge on any atom is -0.316 e. The third kappa shape index (κ3) is 3.28. The third-order valence-corrected chi connectivity index (χ3v) is 3.50. The van der Waals surface area contributed by atoms with Gasteiger partial charge in [-0.1, -0.05) is 24.6 Å². The number of benzene rings is 1. The maximum absolute atomic E-state index is 5.74. The largest absolute Gasteiger partial charge is 0.316 e. The van der Waals surface area contributed by atoms with Gasteiger partial charge in [-0.15, -0.1) is 0 Å². The van der Waals surface area contributed by atoms with Crippen molar-refractivity contribution in [2.24, 2.45) is 0 Å². The van der Waals surface area contributed by atoms with E-state index in [4.69, 9.17) is 4.18 Å². The van der Waals surface area contributed by atoms with Crippen molar-refractivity contribution in [3.8, 4) is 0 Å². The normalized spacial score (nSPS) is 15.1. The zero-order valence-corrected chi connectivity index (χ0v) is 9.93. The first-order chi connectivity index (χ1) is 6.63. The quantitative estimate of drug-likeness (QED) is 0.687. The average molecular weight is 210 g/mol. The molecule has 0 heterocycles. The van der Waals surface area contributed by atoms with Crippen molar-refractivity contribution >= 4 is 16.6 Å². The fourth-order valence-corrected chi connectivity index (χ4v) is 2.10. The van der Waals surface area contributed by atoms with Crippen LogP contribution in [0.4, 0.5) is 0 Å². The van der Waals surface area contributed by atoms with E-state index in [1.54, 1.807) is 0 Å². The molecule has 0 spiro atoms. The van der Waals surface area contributed by atoms with Gasteiger partial charge < -0.3 is 4.18 Å². The molecule has 0 N–H and O–H groups in total. The van der Waals surface area contributed by atoms with Crippen LogP contribution in [0.1, 0.15) is 25.8 Å². The molecule has 0 radical (unpaired) electrons. The molecular formula is C12H18OS.